The molecule has 2 saturated heterocycles. The number of piperidine rings is 1. The molecule has 126 valence electrons. The van der Waals surface area contributed by atoms with Gasteiger partial charge in [0.2, 0.25) is 5.95 Å². The molecule has 0 spiro atoms. The zero-order chi connectivity index (χ0) is 16.8. The normalized spacial score (nSPS) is 29.8. The first kappa shape index (κ1) is 16.6. The van der Waals surface area contributed by atoms with Crippen molar-refractivity contribution in [2.24, 2.45) is 0 Å². The predicted molar refractivity (Wildman–Crippen MR) is 85.5 cm³/mol. The van der Waals surface area contributed by atoms with Gasteiger partial charge in [-0.15, -0.1) is 0 Å². The quantitative estimate of drug-likeness (QED) is 0.808. The first-order chi connectivity index (χ1) is 10.7. The van der Waals surface area contributed by atoms with E-state index in [-0.39, 0.29) is 6.54 Å². The topological polar surface area (TPSA) is 67.7 Å². The fraction of sp³-hybridized carbons (Fsp3) is 0.733. The molecule has 0 amide bonds. The van der Waals surface area contributed by atoms with E-state index in [1.807, 2.05) is 27.7 Å². The summed E-state index contributed by atoms with van der Waals surface area (Å²) in [6, 6.07) is 0. The van der Waals surface area contributed by atoms with E-state index >= 15 is 0 Å². The minimum atomic E-state index is -1.27. The van der Waals surface area contributed by atoms with Gasteiger partial charge < -0.3 is 19.3 Å². The summed E-state index contributed by atoms with van der Waals surface area (Å²) in [4.78, 5) is 10.4. The molecule has 0 aromatic carbocycles. The van der Waals surface area contributed by atoms with Crippen LogP contribution in [0.3, 0.4) is 0 Å². The van der Waals surface area contributed by atoms with Gasteiger partial charge in [0.15, 0.2) is 0 Å². The third kappa shape index (κ3) is 3.07. The Balaban J connectivity index is 1.71. The molecule has 0 bridgehead atoms. The van der Waals surface area contributed by atoms with Gasteiger partial charge in [0.25, 0.3) is 0 Å². The molecule has 23 heavy (non-hydrogen) atoms. The van der Waals surface area contributed by atoms with Crippen LogP contribution in [-0.4, -0.2) is 58.8 Å². The molecule has 0 radical (unpaired) electrons. The van der Waals surface area contributed by atoms with Crippen molar-refractivity contribution in [2.75, 3.05) is 18.0 Å². The largest absolute Gasteiger partial charge is 0.498 e. The van der Waals surface area contributed by atoms with E-state index < -0.39 is 30.6 Å². The summed E-state index contributed by atoms with van der Waals surface area (Å²) in [6.07, 6.45) is 1.53. The molecule has 1 N–H and O–H groups in total. The highest BCUT2D eigenvalue weighted by atomic mass is 19.1. The van der Waals surface area contributed by atoms with Crippen LogP contribution in [0.15, 0.2) is 12.4 Å². The number of alkyl halides is 1. The number of nitrogens with zero attached hydrogens (tertiary/aromatic N) is 3. The molecule has 3 heterocycles. The molecule has 6 nitrogen and oxygen atoms in total. The summed E-state index contributed by atoms with van der Waals surface area (Å²) >= 11 is 0. The van der Waals surface area contributed by atoms with Gasteiger partial charge in [0, 0.05) is 24.4 Å². The second-order valence-electron chi connectivity index (χ2n) is 7.22. The maximum Gasteiger partial charge on any atom is 0.498 e. The first-order valence-corrected chi connectivity index (χ1v) is 7.94. The number of halogens is 1. The standard InChI is InChI=1S/C15H23BFN3O3/c1-14(2)15(3,4)23-16(22-14)10-7-18-13(19-8-10)20-6-5-12(21)11(17)9-20/h7-8,11-12,21H,5-6,9H2,1-4H3/t11-,12+/m1/s1. The van der Waals surface area contributed by atoms with Crippen LogP contribution in [0.25, 0.3) is 0 Å². The molecule has 2 aliphatic rings. The van der Waals surface area contributed by atoms with Crippen molar-refractivity contribution >= 4 is 18.5 Å². The lowest BCUT2D eigenvalue weighted by Crippen LogP contribution is -2.45. The number of rotatable bonds is 2. The summed E-state index contributed by atoms with van der Waals surface area (Å²) < 4.78 is 25.5. The van der Waals surface area contributed by atoms with E-state index in [1.165, 1.54) is 0 Å². The van der Waals surface area contributed by atoms with Crippen LogP contribution < -0.4 is 10.4 Å². The molecule has 1 aromatic heterocycles. The Labute approximate surface area is 136 Å². The number of aromatic nitrogens is 2. The summed E-state index contributed by atoms with van der Waals surface area (Å²) in [5, 5.41) is 9.45. The van der Waals surface area contributed by atoms with Crippen LogP contribution in [0, 0.1) is 0 Å². The smallest absolute Gasteiger partial charge is 0.399 e. The van der Waals surface area contributed by atoms with Crippen LogP contribution in [0.4, 0.5) is 10.3 Å². The molecule has 2 atom stereocenters. The molecular weight excluding hydrogens is 300 g/mol. The number of aliphatic hydroxyl groups excluding tert-OH is 1. The van der Waals surface area contributed by atoms with Gasteiger partial charge in [-0.05, 0) is 34.1 Å². The van der Waals surface area contributed by atoms with E-state index in [1.54, 1.807) is 17.3 Å². The molecule has 2 fully saturated rings. The molecular formula is C15H23BFN3O3. The SMILES string of the molecule is CC1(C)OB(c2cnc(N3CC[C@H](O)[C@H](F)C3)nc2)OC1(C)C. The lowest BCUT2D eigenvalue weighted by atomic mass is 9.81. The van der Waals surface area contributed by atoms with Crippen molar-refractivity contribution in [1.82, 2.24) is 9.97 Å². The summed E-state index contributed by atoms with van der Waals surface area (Å²) in [5.41, 5.74) is -0.0945. The van der Waals surface area contributed by atoms with E-state index in [9.17, 15) is 9.50 Å². The third-order valence-corrected chi connectivity index (χ3v) is 4.97. The summed E-state index contributed by atoms with van der Waals surface area (Å²) in [7, 11) is -0.508. The van der Waals surface area contributed by atoms with Gasteiger partial charge in [-0.1, -0.05) is 0 Å². The fourth-order valence-corrected chi connectivity index (χ4v) is 2.67. The molecule has 8 heteroatoms. The van der Waals surface area contributed by atoms with E-state index in [0.29, 0.717) is 18.9 Å². The Kier molecular flexibility index (Phi) is 4.10. The van der Waals surface area contributed by atoms with Crippen molar-refractivity contribution < 1.29 is 18.8 Å². The number of hydrogen-bond donors (Lipinski definition) is 1. The third-order valence-electron chi connectivity index (χ3n) is 4.97. The maximum atomic E-state index is 13.6. The zero-order valence-electron chi connectivity index (χ0n) is 14.0. The average Bonchev–Trinajstić information content (AvgIpc) is 2.71. The molecule has 0 saturated carbocycles. The Morgan fingerprint density at radius 1 is 1.22 bits per heavy atom. The van der Waals surface area contributed by atoms with Crippen molar-refractivity contribution in [3.8, 4) is 0 Å². The van der Waals surface area contributed by atoms with Gasteiger partial charge in [-0.2, -0.15) is 0 Å². The summed E-state index contributed by atoms with van der Waals surface area (Å²) in [5.74, 6) is 0.458. The van der Waals surface area contributed by atoms with Crippen molar-refractivity contribution in [2.45, 2.75) is 57.6 Å². The van der Waals surface area contributed by atoms with E-state index in [4.69, 9.17) is 9.31 Å². The van der Waals surface area contributed by atoms with Gasteiger partial charge in [0.1, 0.15) is 6.17 Å². The minimum absolute atomic E-state index is 0.108. The van der Waals surface area contributed by atoms with E-state index in [0.717, 1.165) is 5.46 Å². The van der Waals surface area contributed by atoms with Crippen LogP contribution in [0.2, 0.25) is 0 Å². The van der Waals surface area contributed by atoms with Crippen molar-refractivity contribution in [3.63, 3.8) is 0 Å². The Morgan fingerprint density at radius 2 is 1.78 bits per heavy atom. The van der Waals surface area contributed by atoms with Crippen molar-refractivity contribution in [1.29, 1.82) is 0 Å². The Bertz CT molecular complexity index is 554. The minimum Gasteiger partial charge on any atom is -0.399 e. The highest BCUT2D eigenvalue weighted by Crippen LogP contribution is 2.36. The fourth-order valence-electron chi connectivity index (χ4n) is 2.67. The second-order valence-corrected chi connectivity index (χ2v) is 7.22. The molecule has 1 aromatic rings. The lowest BCUT2D eigenvalue weighted by Gasteiger charge is -2.32. The van der Waals surface area contributed by atoms with Crippen LogP contribution in [0.5, 0.6) is 0 Å². The number of aliphatic hydroxyl groups is 1. The lowest BCUT2D eigenvalue weighted by molar-refractivity contribution is 0.00578. The Hall–Kier alpha value is -1.25. The monoisotopic (exact) mass is 323 g/mol. The van der Waals surface area contributed by atoms with Gasteiger partial charge in [-0.3, -0.25) is 0 Å². The second kappa shape index (κ2) is 5.68. The van der Waals surface area contributed by atoms with Crippen LogP contribution in [-0.2, 0) is 9.31 Å². The van der Waals surface area contributed by atoms with Crippen LogP contribution in [0.1, 0.15) is 34.1 Å². The number of anilines is 1. The molecule has 0 aliphatic carbocycles. The van der Waals surface area contributed by atoms with Crippen LogP contribution >= 0.6 is 0 Å². The Morgan fingerprint density at radius 3 is 2.30 bits per heavy atom. The highest BCUT2D eigenvalue weighted by molar-refractivity contribution is 6.61. The predicted octanol–water partition coefficient (Wildman–Crippen LogP) is 0.685. The van der Waals surface area contributed by atoms with Crippen molar-refractivity contribution in [3.05, 3.63) is 12.4 Å². The summed E-state index contributed by atoms with van der Waals surface area (Å²) in [6.45, 7) is 8.60. The maximum absolute atomic E-state index is 13.6. The van der Waals surface area contributed by atoms with Gasteiger partial charge in [0.05, 0.1) is 23.9 Å². The molecule has 0 unspecified atom stereocenters. The van der Waals surface area contributed by atoms with Gasteiger partial charge >= 0.3 is 7.12 Å². The van der Waals surface area contributed by atoms with Gasteiger partial charge in [-0.25, -0.2) is 14.4 Å². The zero-order valence-corrected chi connectivity index (χ0v) is 14.0. The molecule has 2 aliphatic heterocycles. The number of hydrogen-bond acceptors (Lipinski definition) is 6. The van der Waals surface area contributed by atoms with E-state index in [2.05, 4.69) is 9.97 Å². The molecule has 3 rings (SSSR count). The first-order valence-electron chi connectivity index (χ1n) is 7.94. The average molecular weight is 323 g/mol. The highest BCUT2D eigenvalue weighted by Gasteiger charge is 2.52.